The second kappa shape index (κ2) is 2.83. The second-order valence-electron chi connectivity index (χ2n) is 3.11. The molecule has 0 bridgehead atoms. The van der Waals surface area contributed by atoms with E-state index in [0.29, 0.717) is 18.7 Å². The van der Waals surface area contributed by atoms with Crippen molar-refractivity contribution in [3.8, 4) is 0 Å². The van der Waals surface area contributed by atoms with E-state index in [1.165, 1.54) is 0 Å². The third-order valence-electron chi connectivity index (χ3n) is 2.23. The van der Waals surface area contributed by atoms with Crippen LogP contribution >= 0.6 is 0 Å². The highest BCUT2D eigenvalue weighted by Crippen LogP contribution is 2.30. The molecule has 1 aliphatic rings. The monoisotopic (exact) mass is 166 g/mol. The number of alkyl halides is 1. The maximum atomic E-state index is 13.9. The molecule has 2 nitrogen and oxygen atoms in total. The maximum Gasteiger partial charge on any atom is 0.166 e. The van der Waals surface area contributed by atoms with Crippen molar-refractivity contribution in [1.29, 1.82) is 0 Å². The summed E-state index contributed by atoms with van der Waals surface area (Å²) in [5, 5.41) is 3.00. The van der Waals surface area contributed by atoms with Crippen molar-refractivity contribution < 1.29 is 4.39 Å². The topological polar surface area (TPSA) is 24.9 Å². The van der Waals surface area contributed by atoms with Crippen LogP contribution < -0.4 is 5.32 Å². The minimum atomic E-state index is -1.23. The summed E-state index contributed by atoms with van der Waals surface area (Å²) < 4.78 is 13.9. The first kappa shape index (κ1) is 7.68. The third kappa shape index (κ3) is 1.20. The van der Waals surface area contributed by atoms with Gasteiger partial charge in [-0.2, -0.15) is 0 Å². The van der Waals surface area contributed by atoms with Gasteiger partial charge < -0.3 is 5.32 Å². The van der Waals surface area contributed by atoms with Gasteiger partial charge in [0.2, 0.25) is 0 Å². The fourth-order valence-electron chi connectivity index (χ4n) is 1.51. The van der Waals surface area contributed by atoms with Gasteiger partial charge in [-0.3, -0.25) is 4.98 Å². The molecule has 0 radical (unpaired) electrons. The van der Waals surface area contributed by atoms with Crippen molar-refractivity contribution in [3.63, 3.8) is 0 Å². The van der Waals surface area contributed by atoms with Crippen molar-refractivity contribution in [1.82, 2.24) is 10.3 Å². The van der Waals surface area contributed by atoms with Crippen LogP contribution in [-0.4, -0.2) is 18.1 Å². The molecule has 1 atom stereocenters. The Bertz CT molecular complexity index is 254. The Morgan fingerprint density at radius 3 is 3.00 bits per heavy atom. The quantitative estimate of drug-likeness (QED) is 0.679. The first-order valence-electron chi connectivity index (χ1n) is 4.12. The molecule has 0 aromatic carbocycles. The lowest BCUT2D eigenvalue weighted by Gasteiger charge is -2.16. The van der Waals surface area contributed by atoms with E-state index in [2.05, 4.69) is 10.3 Å². The fraction of sp³-hybridized carbons (Fsp3) is 0.444. The number of nitrogens with one attached hydrogen (secondary N) is 1. The Morgan fingerprint density at radius 1 is 1.50 bits per heavy atom. The van der Waals surface area contributed by atoms with Crippen LogP contribution in [0.2, 0.25) is 0 Å². The number of aromatic nitrogens is 1. The molecule has 0 aliphatic carbocycles. The standard InChI is InChI=1S/C9H11FN2/c10-9(4-6-11-7-9)8-3-1-2-5-12-8/h1-3,5,11H,4,6-7H2/t9-/m1/s1. The number of pyridine rings is 1. The van der Waals surface area contributed by atoms with Crippen molar-refractivity contribution in [2.45, 2.75) is 12.1 Å². The molecular weight excluding hydrogens is 155 g/mol. The molecule has 1 fully saturated rings. The van der Waals surface area contributed by atoms with Gasteiger partial charge in [-0.1, -0.05) is 6.07 Å². The highest BCUT2D eigenvalue weighted by atomic mass is 19.1. The predicted octanol–water partition coefficient (Wildman–Crippen LogP) is 1.24. The molecule has 1 aromatic rings. The Hall–Kier alpha value is -0.960. The number of rotatable bonds is 1. The van der Waals surface area contributed by atoms with E-state index in [0.717, 1.165) is 6.54 Å². The molecule has 2 heterocycles. The number of nitrogens with zero attached hydrogens (tertiary/aromatic N) is 1. The van der Waals surface area contributed by atoms with Crippen LogP contribution in [0, 0.1) is 0 Å². The third-order valence-corrected chi connectivity index (χ3v) is 2.23. The first-order valence-corrected chi connectivity index (χ1v) is 4.12. The SMILES string of the molecule is F[C@]1(c2ccccn2)CCNC1. The zero-order valence-corrected chi connectivity index (χ0v) is 6.76. The van der Waals surface area contributed by atoms with Gasteiger partial charge in [-0.05, 0) is 18.7 Å². The van der Waals surface area contributed by atoms with Crippen molar-refractivity contribution in [3.05, 3.63) is 30.1 Å². The molecule has 1 N–H and O–H groups in total. The summed E-state index contributed by atoms with van der Waals surface area (Å²) in [4.78, 5) is 4.02. The lowest BCUT2D eigenvalue weighted by Crippen LogP contribution is -2.24. The molecule has 3 heteroatoms. The van der Waals surface area contributed by atoms with Gasteiger partial charge in [0, 0.05) is 19.2 Å². The van der Waals surface area contributed by atoms with E-state index in [1.54, 1.807) is 18.3 Å². The van der Waals surface area contributed by atoms with Gasteiger partial charge in [0.05, 0.1) is 5.69 Å². The fourth-order valence-corrected chi connectivity index (χ4v) is 1.51. The Morgan fingerprint density at radius 2 is 2.42 bits per heavy atom. The summed E-state index contributed by atoms with van der Waals surface area (Å²) >= 11 is 0. The Balaban J connectivity index is 2.29. The molecule has 0 amide bonds. The maximum absolute atomic E-state index is 13.9. The van der Waals surface area contributed by atoms with E-state index >= 15 is 0 Å². The van der Waals surface area contributed by atoms with E-state index in [-0.39, 0.29) is 0 Å². The molecule has 1 aliphatic heterocycles. The van der Waals surface area contributed by atoms with Gasteiger partial charge >= 0.3 is 0 Å². The summed E-state index contributed by atoms with van der Waals surface area (Å²) in [7, 11) is 0. The molecule has 12 heavy (non-hydrogen) atoms. The molecule has 64 valence electrons. The smallest absolute Gasteiger partial charge is 0.166 e. The summed E-state index contributed by atoms with van der Waals surface area (Å²) in [6.45, 7) is 1.14. The van der Waals surface area contributed by atoms with E-state index in [9.17, 15) is 4.39 Å². The van der Waals surface area contributed by atoms with Crippen LogP contribution in [0.5, 0.6) is 0 Å². The zero-order chi connectivity index (χ0) is 8.44. The average Bonchev–Trinajstić information content (AvgIpc) is 2.55. The zero-order valence-electron chi connectivity index (χ0n) is 6.76. The minimum absolute atomic E-state index is 0.393. The molecule has 2 rings (SSSR count). The molecule has 0 saturated carbocycles. The Kier molecular flexibility index (Phi) is 1.81. The number of hydrogen-bond acceptors (Lipinski definition) is 2. The highest BCUT2D eigenvalue weighted by molar-refractivity contribution is 5.15. The van der Waals surface area contributed by atoms with Gasteiger partial charge in [-0.25, -0.2) is 4.39 Å². The lowest BCUT2D eigenvalue weighted by atomic mass is 10.0. The molecule has 0 unspecified atom stereocenters. The van der Waals surface area contributed by atoms with Crippen LogP contribution in [-0.2, 0) is 5.67 Å². The van der Waals surface area contributed by atoms with Gasteiger partial charge in [0.15, 0.2) is 5.67 Å². The second-order valence-corrected chi connectivity index (χ2v) is 3.11. The molecule has 1 aromatic heterocycles. The van der Waals surface area contributed by atoms with E-state index in [4.69, 9.17) is 0 Å². The first-order chi connectivity index (χ1) is 5.81. The predicted molar refractivity (Wildman–Crippen MR) is 44.5 cm³/mol. The van der Waals surface area contributed by atoms with Crippen LogP contribution in [0.1, 0.15) is 12.1 Å². The van der Waals surface area contributed by atoms with Gasteiger partial charge in [0.25, 0.3) is 0 Å². The van der Waals surface area contributed by atoms with Crippen LogP contribution in [0.25, 0.3) is 0 Å². The van der Waals surface area contributed by atoms with Crippen LogP contribution in [0.3, 0.4) is 0 Å². The number of hydrogen-bond donors (Lipinski definition) is 1. The van der Waals surface area contributed by atoms with Crippen molar-refractivity contribution >= 4 is 0 Å². The summed E-state index contributed by atoms with van der Waals surface area (Å²) in [6, 6.07) is 5.37. The molecule has 0 spiro atoms. The van der Waals surface area contributed by atoms with E-state index < -0.39 is 5.67 Å². The lowest BCUT2D eigenvalue weighted by molar-refractivity contribution is 0.186. The van der Waals surface area contributed by atoms with Crippen molar-refractivity contribution in [2.24, 2.45) is 0 Å². The Labute approximate surface area is 70.8 Å². The van der Waals surface area contributed by atoms with Crippen LogP contribution in [0.15, 0.2) is 24.4 Å². The van der Waals surface area contributed by atoms with Crippen LogP contribution in [0.4, 0.5) is 4.39 Å². The van der Waals surface area contributed by atoms with Crippen molar-refractivity contribution in [2.75, 3.05) is 13.1 Å². The average molecular weight is 166 g/mol. The van der Waals surface area contributed by atoms with Gasteiger partial charge in [-0.15, -0.1) is 0 Å². The summed E-state index contributed by atoms with van der Waals surface area (Å²) in [5.41, 5.74) is -0.684. The largest absolute Gasteiger partial charge is 0.313 e. The van der Waals surface area contributed by atoms with Gasteiger partial charge in [0.1, 0.15) is 0 Å². The summed E-state index contributed by atoms with van der Waals surface area (Å²) in [6.07, 6.45) is 2.17. The molecule has 1 saturated heterocycles. The minimum Gasteiger partial charge on any atom is -0.313 e. The highest BCUT2D eigenvalue weighted by Gasteiger charge is 2.36. The number of halogens is 1. The normalized spacial score (nSPS) is 29.1. The molecular formula is C9H11FN2. The summed E-state index contributed by atoms with van der Waals surface area (Å²) in [5.74, 6) is 0. The van der Waals surface area contributed by atoms with E-state index in [1.807, 2.05) is 6.07 Å².